The van der Waals surface area contributed by atoms with Gasteiger partial charge >= 0.3 is 0 Å². The van der Waals surface area contributed by atoms with Crippen molar-refractivity contribution >= 4 is 11.3 Å². The van der Waals surface area contributed by atoms with Crippen molar-refractivity contribution in [2.45, 2.75) is 6.92 Å². The minimum Gasteiger partial charge on any atom is -0.396 e. The summed E-state index contributed by atoms with van der Waals surface area (Å²) >= 11 is 0. The number of nitrogens with zero attached hydrogens (tertiary/aromatic N) is 3. The minimum absolute atomic E-state index is 0.679. The predicted octanol–water partition coefficient (Wildman–Crippen LogP) is 2.29. The number of aromatic nitrogens is 3. The van der Waals surface area contributed by atoms with Crippen LogP contribution in [0, 0.1) is 6.92 Å². The van der Waals surface area contributed by atoms with E-state index >= 15 is 0 Å². The quantitative estimate of drug-likeness (QED) is 0.690. The van der Waals surface area contributed by atoms with Gasteiger partial charge in [0, 0.05) is 18.1 Å². The van der Waals surface area contributed by atoms with E-state index in [2.05, 4.69) is 9.97 Å². The monoisotopic (exact) mass is 224 g/mol. The van der Waals surface area contributed by atoms with Crippen LogP contribution in [0.5, 0.6) is 0 Å². The summed E-state index contributed by atoms with van der Waals surface area (Å²) in [5.41, 5.74) is 10.2. The maximum absolute atomic E-state index is 5.91. The first-order chi connectivity index (χ1) is 8.25. The molecule has 3 heterocycles. The van der Waals surface area contributed by atoms with E-state index < -0.39 is 0 Å². The Morgan fingerprint density at radius 1 is 1.12 bits per heavy atom. The van der Waals surface area contributed by atoms with E-state index in [0.717, 1.165) is 22.7 Å². The van der Waals surface area contributed by atoms with Crippen LogP contribution in [-0.4, -0.2) is 14.4 Å². The van der Waals surface area contributed by atoms with Crippen LogP contribution in [0.25, 0.3) is 17.0 Å². The highest BCUT2D eigenvalue weighted by molar-refractivity contribution is 5.70. The second-order valence-corrected chi connectivity index (χ2v) is 3.96. The first kappa shape index (κ1) is 9.84. The van der Waals surface area contributed by atoms with Crippen molar-refractivity contribution < 1.29 is 0 Å². The molecule has 0 saturated heterocycles. The Balaban J connectivity index is 2.27. The number of pyridine rings is 2. The lowest BCUT2D eigenvalue weighted by Crippen LogP contribution is -1.94. The molecule has 3 aromatic heterocycles. The molecule has 4 nitrogen and oxygen atoms in total. The molecule has 0 aromatic carbocycles. The normalized spacial score (nSPS) is 10.9. The fourth-order valence-electron chi connectivity index (χ4n) is 1.86. The highest BCUT2D eigenvalue weighted by Gasteiger charge is 2.08. The zero-order valence-electron chi connectivity index (χ0n) is 9.46. The van der Waals surface area contributed by atoms with Crippen LogP contribution < -0.4 is 5.73 Å². The highest BCUT2D eigenvalue weighted by atomic mass is 15.0. The average Bonchev–Trinajstić information content (AvgIpc) is 2.81. The lowest BCUT2D eigenvalue weighted by Gasteiger charge is -2.00. The predicted molar refractivity (Wildman–Crippen MR) is 67.6 cm³/mol. The molecule has 0 fully saturated rings. The largest absolute Gasteiger partial charge is 0.396 e. The summed E-state index contributed by atoms with van der Waals surface area (Å²) in [7, 11) is 0. The number of nitrogens with two attached hydrogens (primary N) is 1. The number of hydrogen-bond acceptors (Lipinski definition) is 3. The molecule has 84 valence electrons. The van der Waals surface area contributed by atoms with E-state index in [4.69, 9.17) is 5.73 Å². The van der Waals surface area contributed by atoms with Gasteiger partial charge in [-0.3, -0.25) is 4.98 Å². The number of rotatable bonds is 1. The summed E-state index contributed by atoms with van der Waals surface area (Å²) in [6.45, 7) is 2.02. The third-order valence-electron chi connectivity index (χ3n) is 2.78. The molecule has 17 heavy (non-hydrogen) atoms. The van der Waals surface area contributed by atoms with Gasteiger partial charge in [-0.15, -0.1) is 0 Å². The van der Waals surface area contributed by atoms with Crippen LogP contribution in [0.15, 0.2) is 42.7 Å². The van der Waals surface area contributed by atoms with Crippen molar-refractivity contribution in [2.75, 3.05) is 5.73 Å². The number of imidazole rings is 1. The molecule has 0 aliphatic rings. The van der Waals surface area contributed by atoms with E-state index in [1.807, 2.05) is 47.9 Å². The van der Waals surface area contributed by atoms with Gasteiger partial charge in [-0.1, -0.05) is 6.07 Å². The Bertz CT molecular complexity index is 631. The molecule has 4 heteroatoms. The average molecular weight is 224 g/mol. The van der Waals surface area contributed by atoms with Gasteiger partial charge in [-0.25, -0.2) is 4.98 Å². The maximum Gasteiger partial charge on any atom is 0.160 e. The Labute approximate surface area is 98.8 Å². The molecular formula is C13H12N4. The molecule has 0 aliphatic heterocycles. The van der Waals surface area contributed by atoms with Crippen molar-refractivity contribution in [1.29, 1.82) is 0 Å². The van der Waals surface area contributed by atoms with Crippen LogP contribution in [-0.2, 0) is 0 Å². The van der Waals surface area contributed by atoms with Gasteiger partial charge in [0.15, 0.2) is 5.65 Å². The lowest BCUT2D eigenvalue weighted by molar-refractivity contribution is 1.10. The van der Waals surface area contributed by atoms with Crippen LogP contribution >= 0.6 is 0 Å². The van der Waals surface area contributed by atoms with Gasteiger partial charge in [-0.05, 0) is 31.2 Å². The van der Waals surface area contributed by atoms with Crippen LogP contribution in [0.4, 0.5) is 5.69 Å². The Hall–Kier alpha value is -2.36. The molecule has 0 amide bonds. The third kappa shape index (κ3) is 1.54. The van der Waals surface area contributed by atoms with E-state index in [1.165, 1.54) is 0 Å². The van der Waals surface area contributed by atoms with E-state index in [-0.39, 0.29) is 0 Å². The standard InChI is InChI=1S/C13H12N4/c1-9-5-6-10(14)13-16-12(8-17(9)13)11-4-2-3-7-15-11/h2-8H,14H2,1H3. The second kappa shape index (κ2) is 3.59. The topological polar surface area (TPSA) is 56.2 Å². The molecule has 3 rings (SSSR count). The number of fused-ring (bicyclic) bond motifs is 1. The zero-order chi connectivity index (χ0) is 11.8. The van der Waals surface area contributed by atoms with Gasteiger partial charge in [0.2, 0.25) is 0 Å². The smallest absolute Gasteiger partial charge is 0.160 e. The van der Waals surface area contributed by atoms with Gasteiger partial charge in [-0.2, -0.15) is 0 Å². The SMILES string of the molecule is Cc1ccc(N)c2nc(-c3ccccn3)cn12. The van der Waals surface area contributed by atoms with E-state index in [1.54, 1.807) is 6.20 Å². The zero-order valence-corrected chi connectivity index (χ0v) is 9.46. The molecule has 0 unspecified atom stereocenters. The first-order valence-corrected chi connectivity index (χ1v) is 5.41. The number of nitrogen functional groups attached to an aromatic ring is 1. The maximum atomic E-state index is 5.91. The summed E-state index contributed by atoms with van der Waals surface area (Å²) < 4.78 is 1.99. The summed E-state index contributed by atoms with van der Waals surface area (Å²) in [6.07, 6.45) is 3.72. The van der Waals surface area contributed by atoms with Crippen molar-refractivity contribution in [1.82, 2.24) is 14.4 Å². The van der Waals surface area contributed by atoms with Gasteiger partial charge in [0.1, 0.15) is 5.69 Å². The molecule has 0 atom stereocenters. The number of anilines is 1. The van der Waals surface area contributed by atoms with Gasteiger partial charge in [0.25, 0.3) is 0 Å². The molecule has 0 spiro atoms. The van der Waals surface area contributed by atoms with Crippen molar-refractivity contribution in [3.05, 3.63) is 48.4 Å². The number of hydrogen-bond donors (Lipinski definition) is 1. The fourth-order valence-corrected chi connectivity index (χ4v) is 1.86. The Morgan fingerprint density at radius 3 is 2.71 bits per heavy atom. The second-order valence-electron chi connectivity index (χ2n) is 3.96. The summed E-state index contributed by atoms with van der Waals surface area (Å²) in [5.74, 6) is 0. The fraction of sp³-hybridized carbons (Fsp3) is 0.0769. The van der Waals surface area contributed by atoms with E-state index in [0.29, 0.717) is 5.69 Å². The Morgan fingerprint density at radius 2 is 2.00 bits per heavy atom. The molecular weight excluding hydrogens is 212 g/mol. The summed E-state index contributed by atoms with van der Waals surface area (Å²) in [6, 6.07) is 9.63. The van der Waals surface area contributed by atoms with Crippen LogP contribution in [0.2, 0.25) is 0 Å². The van der Waals surface area contributed by atoms with Gasteiger partial charge in [0.05, 0.1) is 11.4 Å². The number of aryl methyl sites for hydroxylation is 1. The lowest BCUT2D eigenvalue weighted by atomic mass is 10.3. The summed E-state index contributed by atoms with van der Waals surface area (Å²) in [4.78, 5) is 8.81. The minimum atomic E-state index is 0.679. The molecule has 0 aliphatic carbocycles. The summed E-state index contributed by atoms with van der Waals surface area (Å²) in [5, 5.41) is 0. The highest BCUT2D eigenvalue weighted by Crippen LogP contribution is 2.21. The van der Waals surface area contributed by atoms with E-state index in [9.17, 15) is 0 Å². The molecule has 0 radical (unpaired) electrons. The van der Waals surface area contributed by atoms with Crippen LogP contribution in [0.3, 0.4) is 0 Å². The van der Waals surface area contributed by atoms with Crippen molar-refractivity contribution in [3.63, 3.8) is 0 Å². The molecule has 2 N–H and O–H groups in total. The molecule has 0 bridgehead atoms. The van der Waals surface area contributed by atoms with Gasteiger partial charge < -0.3 is 10.1 Å². The Kier molecular flexibility index (Phi) is 2.08. The molecule has 0 saturated carbocycles. The third-order valence-corrected chi connectivity index (χ3v) is 2.78. The van der Waals surface area contributed by atoms with Crippen molar-refractivity contribution in [3.8, 4) is 11.4 Å². The van der Waals surface area contributed by atoms with Crippen molar-refractivity contribution in [2.24, 2.45) is 0 Å². The molecule has 3 aromatic rings. The van der Waals surface area contributed by atoms with Crippen LogP contribution in [0.1, 0.15) is 5.69 Å². The first-order valence-electron chi connectivity index (χ1n) is 5.41.